The van der Waals surface area contributed by atoms with Gasteiger partial charge in [-0.05, 0) is 49.4 Å². The number of rotatable bonds is 6. The van der Waals surface area contributed by atoms with E-state index in [2.05, 4.69) is 10.4 Å². The molecule has 5 nitrogen and oxygen atoms in total. The van der Waals surface area contributed by atoms with Gasteiger partial charge in [0.25, 0.3) is 11.7 Å². The number of alkyl halides is 2. The van der Waals surface area contributed by atoms with Gasteiger partial charge in [-0.25, -0.2) is 4.68 Å². The Bertz CT molecular complexity index is 1070. The van der Waals surface area contributed by atoms with E-state index in [9.17, 15) is 18.8 Å². The predicted molar refractivity (Wildman–Crippen MR) is 109 cm³/mol. The van der Waals surface area contributed by atoms with E-state index in [-0.39, 0.29) is 5.57 Å². The Kier molecular flexibility index (Phi) is 6.42. The Morgan fingerprint density at radius 2 is 1.90 bits per heavy atom. The van der Waals surface area contributed by atoms with Crippen molar-refractivity contribution in [3.05, 3.63) is 77.6 Å². The minimum Gasteiger partial charge on any atom is -0.321 e. The number of amides is 1. The molecule has 3 rings (SSSR count). The van der Waals surface area contributed by atoms with E-state index in [1.807, 2.05) is 36.4 Å². The molecule has 29 heavy (non-hydrogen) atoms. The van der Waals surface area contributed by atoms with Crippen molar-refractivity contribution in [1.82, 2.24) is 9.78 Å². The number of benzene rings is 2. The highest BCUT2D eigenvalue weighted by atomic mass is 32.2. The van der Waals surface area contributed by atoms with Crippen molar-refractivity contribution in [3.8, 4) is 11.8 Å². The summed E-state index contributed by atoms with van der Waals surface area (Å²) in [5.74, 6) is -3.10. The molecule has 0 radical (unpaired) electrons. The number of carbonyl (C=O) groups is 1. The second-order valence-corrected chi connectivity index (χ2v) is 7.04. The fourth-order valence-corrected chi connectivity index (χ4v) is 3.05. The summed E-state index contributed by atoms with van der Waals surface area (Å²) in [6, 6.07) is 17.4. The number of nitrogens with zero attached hydrogens (tertiary/aromatic N) is 3. The topological polar surface area (TPSA) is 70.7 Å². The molecule has 0 spiro atoms. The molecule has 1 aromatic heterocycles. The number of aryl methyl sites for hydroxylation is 1. The Balaban J connectivity index is 1.77. The minimum atomic E-state index is -2.51. The number of hydrogen-bond acceptors (Lipinski definition) is 4. The maximum atomic E-state index is 12.4. The summed E-state index contributed by atoms with van der Waals surface area (Å²) in [5.41, 5.74) is 2.49. The third kappa shape index (κ3) is 5.30. The highest BCUT2D eigenvalue weighted by Crippen LogP contribution is 2.26. The average molecular weight is 410 g/mol. The summed E-state index contributed by atoms with van der Waals surface area (Å²) in [7, 11) is 0. The molecule has 0 unspecified atom stereocenters. The van der Waals surface area contributed by atoms with E-state index in [4.69, 9.17) is 0 Å². The van der Waals surface area contributed by atoms with E-state index in [0.717, 1.165) is 5.69 Å². The van der Waals surface area contributed by atoms with E-state index in [0.29, 0.717) is 33.6 Å². The van der Waals surface area contributed by atoms with Crippen LogP contribution in [0.2, 0.25) is 0 Å². The zero-order chi connectivity index (χ0) is 20.8. The molecule has 0 atom stereocenters. The van der Waals surface area contributed by atoms with Gasteiger partial charge in [0.05, 0.1) is 11.4 Å². The van der Waals surface area contributed by atoms with Crippen molar-refractivity contribution in [2.45, 2.75) is 17.6 Å². The third-order valence-corrected chi connectivity index (χ3v) is 4.68. The van der Waals surface area contributed by atoms with Crippen molar-refractivity contribution in [1.29, 1.82) is 5.26 Å². The summed E-state index contributed by atoms with van der Waals surface area (Å²) in [6.45, 7) is 1.79. The fourth-order valence-electron chi connectivity index (χ4n) is 2.55. The molecule has 146 valence electrons. The lowest BCUT2D eigenvalue weighted by Crippen LogP contribution is -2.13. The van der Waals surface area contributed by atoms with Crippen molar-refractivity contribution in [3.63, 3.8) is 0 Å². The van der Waals surface area contributed by atoms with Crippen molar-refractivity contribution in [2.24, 2.45) is 0 Å². The van der Waals surface area contributed by atoms with Gasteiger partial charge in [0, 0.05) is 22.3 Å². The van der Waals surface area contributed by atoms with Crippen LogP contribution in [0, 0.1) is 18.3 Å². The number of aromatic nitrogens is 2. The molecule has 0 aliphatic carbocycles. The molecule has 0 saturated heterocycles. The van der Waals surface area contributed by atoms with Crippen LogP contribution in [0.15, 0.2) is 71.3 Å². The van der Waals surface area contributed by atoms with E-state index in [1.54, 1.807) is 17.8 Å². The second-order valence-electron chi connectivity index (χ2n) is 5.98. The maximum Gasteiger partial charge on any atom is 0.288 e. The molecule has 2 aromatic carbocycles. The monoisotopic (exact) mass is 410 g/mol. The molecule has 8 heteroatoms. The molecule has 0 aliphatic heterocycles. The molecule has 0 bridgehead atoms. The van der Waals surface area contributed by atoms with E-state index < -0.39 is 11.7 Å². The number of hydrogen-bond donors (Lipinski definition) is 1. The van der Waals surface area contributed by atoms with Crippen LogP contribution < -0.4 is 5.32 Å². The van der Waals surface area contributed by atoms with Crippen LogP contribution in [0.25, 0.3) is 11.8 Å². The van der Waals surface area contributed by atoms with Gasteiger partial charge in [-0.2, -0.15) is 19.1 Å². The first-order valence-electron chi connectivity index (χ1n) is 8.56. The quantitative estimate of drug-likeness (QED) is 0.351. The Hall–Kier alpha value is -3.44. The van der Waals surface area contributed by atoms with Gasteiger partial charge >= 0.3 is 0 Å². The van der Waals surface area contributed by atoms with Gasteiger partial charge in [-0.15, -0.1) is 0 Å². The minimum absolute atomic E-state index is 0.0910. The molecule has 1 N–H and O–H groups in total. The first-order chi connectivity index (χ1) is 14.0. The molecular weight excluding hydrogens is 394 g/mol. The Morgan fingerprint density at radius 1 is 1.21 bits per heavy atom. The van der Waals surface area contributed by atoms with Gasteiger partial charge in [0.1, 0.15) is 11.6 Å². The van der Waals surface area contributed by atoms with Crippen LogP contribution >= 0.6 is 11.8 Å². The normalized spacial score (nSPS) is 11.3. The second kappa shape index (κ2) is 9.17. The largest absolute Gasteiger partial charge is 0.321 e. The summed E-state index contributed by atoms with van der Waals surface area (Å²) in [4.78, 5) is 12.8. The van der Waals surface area contributed by atoms with Gasteiger partial charge in [-0.1, -0.05) is 30.0 Å². The number of nitrogens with one attached hydrogen (secondary N) is 1. The molecule has 0 aliphatic rings. The van der Waals surface area contributed by atoms with Crippen LogP contribution in [0.1, 0.15) is 11.3 Å². The van der Waals surface area contributed by atoms with Crippen molar-refractivity contribution in [2.75, 3.05) is 5.32 Å². The number of thioether (sulfide) groups is 1. The maximum absolute atomic E-state index is 12.4. The lowest BCUT2D eigenvalue weighted by atomic mass is 10.1. The van der Waals surface area contributed by atoms with Gasteiger partial charge in [-0.3, -0.25) is 4.79 Å². The number of carbonyl (C=O) groups excluding carboxylic acids is 1. The highest BCUT2D eigenvalue weighted by Gasteiger charge is 2.13. The average Bonchev–Trinajstić information content (AvgIpc) is 3.08. The van der Waals surface area contributed by atoms with Crippen LogP contribution in [-0.2, 0) is 4.79 Å². The third-order valence-electron chi connectivity index (χ3n) is 3.96. The summed E-state index contributed by atoms with van der Waals surface area (Å²) < 4.78 is 26.4. The number of anilines is 1. The van der Waals surface area contributed by atoms with Crippen LogP contribution in [0.3, 0.4) is 0 Å². The fraction of sp³-hybridized carbons (Fsp3) is 0.0952. The molecule has 0 fully saturated rings. The first kappa shape index (κ1) is 20.3. The zero-order valence-corrected chi connectivity index (χ0v) is 16.2. The first-order valence-corrected chi connectivity index (χ1v) is 9.44. The number of nitriles is 1. The van der Waals surface area contributed by atoms with Crippen molar-refractivity contribution >= 4 is 29.4 Å². The lowest BCUT2D eigenvalue weighted by Gasteiger charge is -2.05. The van der Waals surface area contributed by atoms with Crippen LogP contribution in [0.5, 0.6) is 0 Å². The summed E-state index contributed by atoms with van der Waals surface area (Å²) in [5, 5.41) is 16.4. The Morgan fingerprint density at radius 3 is 2.52 bits per heavy atom. The van der Waals surface area contributed by atoms with Crippen molar-refractivity contribution < 1.29 is 13.6 Å². The zero-order valence-electron chi connectivity index (χ0n) is 15.3. The highest BCUT2D eigenvalue weighted by molar-refractivity contribution is 7.99. The number of para-hydroxylation sites is 1. The lowest BCUT2D eigenvalue weighted by molar-refractivity contribution is -0.112. The molecule has 1 heterocycles. The van der Waals surface area contributed by atoms with Gasteiger partial charge in [0.2, 0.25) is 0 Å². The molecule has 0 saturated carbocycles. The SMILES string of the molecule is Cc1nn(-c2ccccc2)cc1C=C(C#N)C(=O)Nc1ccc(SC(F)F)cc1. The molecule has 3 aromatic rings. The Labute approximate surface area is 170 Å². The standard InChI is InChI=1S/C21H16F2N4OS/c1-14-16(13-27(26-14)18-5-3-2-4-6-18)11-15(12-24)20(28)25-17-7-9-19(10-8-17)29-21(22)23/h2-11,13,21H,1H3,(H,25,28). The van der Waals surface area contributed by atoms with Crippen LogP contribution in [-0.4, -0.2) is 21.4 Å². The predicted octanol–water partition coefficient (Wildman–Crippen LogP) is 5.04. The summed E-state index contributed by atoms with van der Waals surface area (Å²) in [6.07, 6.45) is 3.21. The van der Waals surface area contributed by atoms with Gasteiger partial charge in [0.15, 0.2) is 0 Å². The summed E-state index contributed by atoms with van der Waals surface area (Å²) >= 11 is 0.422. The molecular formula is C21H16F2N4OS. The van der Waals surface area contributed by atoms with Gasteiger partial charge < -0.3 is 5.32 Å². The van der Waals surface area contributed by atoms with E-state index in [1.165, 1.54) is 30.3 Å². The van der Waals surface area contributed by atoms with E-state index >= 15 is 0 Å². The van der Waals surface area contributed by atoms with Crippen LogP contribution in [0.4, 0.5) is 14.5 Å². The smallest absolute Gasteiger partial charge is 0.288 e. The number of halogens is 2. The molecule has 1 amide bonds.